The number of hydrogen-bond donors (Lipinski definition) is 1. The van der Waals surface area contributed by atoms with Crippen molar-refractivity contribution in [3.05, 3.63) is 17.2 Å². The zero-order valence-corrected chi connectivity index (χ0v) is 8.83. The van der Waals surface area contributed by atoms with Gasteiger partial charge in [0.05, 0.1) is 0 Å². The number of H-pyrrole nitrogens is 1. The van der Waals surface area contributed by atoms with E-state index in [1.807, 2.05) is 6.20 Å². The van der Waals surface area contributed by atoms with Gasteiger partial charge in [0.1, 0.15) is 0 Å². The van der Waals surface area contributed by atoms with Crippen LogP contribution < -0.4 is 0 Å². The predicted octanol–water partition coefficient (Wildman–Crippen LogP) is 2.76. The van der Waals surface area contributed by atoms with E-state index in [1.54, 1.807) is 0 Å². The second kappa shape index (κ2) is 2.32. The van der Waals surface area contributed by atoms with E-state index in [-0.39, 0.29) is 0 Å². The molecular weight excluding hydrogens is 192 g/mol. The van der Waals surface area contributed by atoms with Crippen molar-refractivity contribution in [3.63, 3.8) is 0 Å². The summed E-state index contributed by atoms with van der Waals surface area (Å²) in [4.78, 5) is 3.11. The average molecular weight is 206 g/mol. The van der Waals surface area contributed by atoms with Crippen molar-refractivity contribution in [2.75, 3.05) is 0 Å². The highest BCUT2D eigenvalue weighted by Gasteiger charge is 2.65. The van der Waals surface area contributed by atoms with E-state index in [1.165, 1.54) is 19.3 Å². The van der Waals surface area contributed by atoms with Gasteiger partial charge in [-0.25, -0.2) is 0 Å². The summed E-state index contributed by atoms with van der Waals surface area (Å²) < 4.78 is 3.22. The van der Waals surface area contributed by atoms with Crippen molar-refractivity contribution in [3.8, 4) is 0 Å². The molecule has 14 heavy (non-hydrogen) atoms. The van der Waals surface area contributed by atoms with Gasteiger partial charge in [-0.2, -0.15) is 0 Å². The fourth-order valence-corrected chi connectivity index (χ4v) is 4.47. The summed E-state index contributed by atoms with van der Waals surface area (Å²) in [6.45, 7) is 0. The second-order valence-corrected chi connectivity index (χ2v) is 5.54. The first kappa shape index (κ1) is 7.69. The lowest BCUT2D eigenvalue weighted by molar-refractivity contribution is 0.451. The van der Waals surface area contributed by atoms with Gasteiger partial charge in [-0.1, -0.05) is 0 Å². The predicted molar refractivity (Wildman–Crippen MR) is 56.5 cm³/mol. The Morgan fingerprint density at radius 1 is 1.29 bits per heavy atom. The molecule has 4 atom stereocenters. The normalized spacial score (nSPS) is 48.1. The molecular formula is C11H14N2S. The molecule has 4 rings (SSSR count). The molecule has 3 aliphatic carbocycles. The van der Waals surface area contributed by atoms with E-state index in [9.17, 15) is 0 Å². The molecule has 2 nitrogen and oxygen atoms in total. The van der Waals surface area contributed by atoms with Crippen molar-refractivity contribution in [2.45, 2.75) is 25.3 Å². The zero-order valence-electron chi connectivity index (χ0n) is 8.02. The van der Waals surface area contributed by atoms with Crippen LogP contribution in [0.1, 0.15) is 25.3 Å². The first-order valence-corrected chi connectivity index (χ1v) is 6.02. The largest absolute Gasteiger partial charge is 0.337 e. The lowest BCUT2D eigenvalue weighted by Gasteiger charge is -2.09. The van der Waals surface area contributed by atoms with Gasteiger partial charge in [-0.15, -0.1) is 0 Å². The number of nitrogens with one attached hydrogen (secondary N) is 1. The van der Waals surface area contributed by atoms with E-state index < -0.39 is 0 Å². The molecule has 1 aromatic rings. The molecule has 1 heterocycles. The molecule has 0 amide bonds. The Kier molecular flexibility index (Phi) is 1.28. The first-order valence-electron chi connectivity index (χ1n) is 5.62. The average Bonchev–Trinajstić information content (AvgIpc) is 2.59. The van der Waals surface area contributed by atoms with Crippen LogP contribution in [0.4, 0.5) is 0 Å². The summed E-state index contributed by atoms with van der Waals surface area (Å²) in [6.07, 6.45) is 8.59. The Balaban J connectivity index is 1.73. The molecule has 1 N–H and O–H groups in total. The SMILES string of the molecule is S=c1[nH]ccn1C1C2C3CCC(C3)C21. The van der Waals surface area contributed by atoms with Gasteiger partial charge in [-0.3, -0.25) is 0 Å². The third kappa shape index (κ3) is 0.761. The lowest BCUT2D eigenvalue weighted by Crippen LogP contribution is -2.03. The highest BCUT2D eigenvalue weighted by molar-refractivity contribution is 7.71. The molecule has 0 saturated heterocycles. The number of aromatic amines is 1. The maximum Gasteiger partial charge on any atom is 0.177 e. The molecule has 3 saturated carbocycles. The Hall–Kier alpha value is -0.570. The molecule has 2 bridgehead atoms. The van der Waals surface area contributed by atoms with Gasteiger partial charge in [0.25, 0.3) is 0 Å². The van der Waals surface area contributed by atoms with Crippen LogP contribution in [0.3, 0.4) is 0 Å². The van der Waals surface area contributed by atoms with Gasteiger partial charge in [0.2, 0.25) is 0 Å². The number of rotatable bonds is 1. The second-order valence-electron chi connectivity index (χ2n) is 5.15. The molecule has 1 aromatic heterocycles. The monoisotopic (exact) mass is 206 g/mol. The standard InChI is InChI=1S/C11H14N2S/c14-11-12-3-4-13(11)10-8-6-1-2-7(5-6)9(8)10/h3-4,6-10H,1-2,5H2,(H,12,14). The summed E-state index contributed by atoms with van der Waals surface area (Å²) in [6, 6.07) is 0.764. The Morgan fingerprint density at radius 2 is 2.00 bits per heavy atom. The summed E-state index contributed by atoms with van der Waals surface area (Å²) >= 11 is 5.28. The maximum absolute atomic E-state index is 5.28. The summed E-state index contributed by atoms with van der Waals surface area (Å²) in [7, 11) is 0. The van der Waals surface area contributed by atoms with Gasteiger partial charge in [0.15, 0.2) is 4.77 Å². The van der Waals surface area contributed by atoms with Crippen LogP contribution in [0.5, 0.6) is 0 Å². The zero-order chi connectivity index (χ0) is 9.28. The minimum Gasteiger partial charge on any atom is -0.337 e. The molecule has 0 aliphatic heterocycles. The van der Waals surface area contributed by atoms with Gasteiger partial charge in [-0.05, 0) is 55.2 Å². The molecule has 3 heteroatoms. The number of nitrogens with zero attached hydrogens (tertiary/aromatic N) is 1. The Bertz CT molecular complexity index is 416. The Morgan fingerprint density at radius 3 is 2.57 bits per heavy atom. The van der Waals surface area contributed by atoms with E-state index in [0.717, 1.165) is 34.5 Å². The van der Waals surface area contributed by atoms with E-state index in [2.05, 4.69) is 15.7 Å². The smallest absolute Gasteiger partial charge is 0.177 e. The van der Waals surface area contributed by atoms with Gasteiger partial charge < -0.3 is 9.55 Å². The quantitative estimate of drug-likeness (QED) is 0.701. The fourth-order valence-electron chi connectivity index (χ4n) is 4.22. The van der Waals surface area contributed by atoms with Crippen molar-refractivity contribution < 1.29 is 0 Å². The van der Waals surface area contributed by atoms with Crippen LogP contribution in [0, 0.1) is 28.4 Å². The van der Waals surface area contributed by atoms with Crippen molar-refractivity contribution in [1.82, 2.24) is 9.55 Å². The molecule has 0 radical (unpaired) electrons. The number of aromatic nitrogens is 2. The highest BCUT2D eigenvalue weighted by Crippen LogP contribution is 2.71. The van der Waals surface area contributed by atoms with Crippen LogP contribution >= 0.6 is 12.2 Å². The van der Waals surface area contributed by atoms with Crippen LogP contribution in [0.15, 0.2) is 12.4 Å². The van der Waals surface area contributed by atoms with Crippen LogP contribution in [0.25, 0.3) is 0 Å². The topological polar surface area (TPSA) is 20.7 Å². The van der Waals surface area contributed by atoms with Crippen LogP contribution in [0.2, 0.25) is 0 Å². The van der Waals surface area contributed by atoms with Crippen molar-refractivity contribution >= 4 is 12.2 Å². The van der Waals surface area contributed by atoms with E-state index >= 15 is 0 Å². The van der Waals surface area contributed by atoms with Crippen LogP contribution in [-0.4, -0.2) is 9.55 Å². The highest BCUT2D eigenvalue weighted by atomic mass is 32.1. The summed E-state index contributed by atoms with van der Waals surface area (Å²) in [5.41, 5.74) is 0. The minimum atomic E-state index is 0.764. The maximum atomic E-state index is 5.28. The number of imidazole rings is 1. The van der Waals surface area contributed by atoms with Gasteiger partial charge in [0, 0.05) is 18.4 Å². The summed E-state index contributed by atoms with van der Waals surface area (Å²) in [5, 5.41) is 0. The Labute approximate surface area is 88.3 Å². The molecule has 74 valence electrons. The third-order valence-corrected chi connectivity index (χ3v) is 5.02. The first-order chi connectivity index (χ1) is 6.86. The molecule has 0 spiro atoms. The third-order valence-electron chi connectivity index (χ3n) is 4.69. The number of fused-ring (bicyclic) bond motifs is 5. The van der Waals surface area contributed by atoms with E-state index in [0.29, 0.717) is 0 Å². The molecule has 3 aliphatic rings. The summed E-state index contributed by atoms with van der Waals surface area (Å²) in [5.74, 6) is 4.03. The molecule has 3 fully saturated rings. The number of hydrogen-bond acceptors (Lipinski definition) is 1. The van der Waals surface area contributed by atoms with Crippen molar-refractivity contribution in [1.29, 1.82) is 0 Å². The fraction of sp³-hybridized carbons (Fsp3) is 0.727. The molecule has 0 aromatic carbocycles. The van der Waals surface area contributed by atoms with E-state index in [4.69, 9.17) is 12.2 Å². The van der Waals surface area contributed by atoms with Crippen LogP contribution in [-0.2, 0) is 0 Å². The van der Waals surface area contributed by atoms with Crippen molar-refractivity contribution in [2.24, 2.45) is 23.7 Å². The van der Waals surface area contributed by atoms with Gasteiger partial charge >= 0.3 is 0 Å². The molecule has 4 unspecified atom stereocenters. The lowest BCUT2D eigenvalue weighted by atomic mass is 10.0. The minimum absolute atomic E-state index is 0.764.